The van der Waals surface area contributed by atoms with Gasteiger partial charge in [0.15, 0.2) is 6.61 Å². The number of anilines is 1. The molecule has 25 heavy (non-hydrogen) atoms. The summed E-state index contributed by atoms with van der Waals surface area (Å²) in [6.07, 6.45) is 3.20. The minimum Gasteiger partial charge on any atom is -0.484 e. The summed E-state index contributed by atoms with van der Waals surface area (Å²) >= 11 is 5.79. The van der Waals surface area contributed by atoms with Gasteiger partial charge in [0.25, 0.3) is 5.91 Å². The van der Waals surface area contributed by atoms with E-state index in [2.05, 4.69) is 10.4 Å². The van der Waals surface area contributed by atoms with E-state index in [0.29, 0.717) is 23.0 Å². The number of aromatic nitrogens is 2. The lowest BCUT2D eigenvalue weighted by atomic mass is 10.2. The number of halogens is 2. The summed E-state index contributed by atoms with van der Waals surface area (Å²) < 4.78 is 20.2. The van der Waals surface area contributed by atoms with Gasteiger partial charge in [0, 0.05) is 11.2 Å². The van der Waals surface area contributed by atoms with E-state index in [1.807, 2.05) is 6.07 Å². The zero-order valence-corrected chi connectivity index (χ0v) is 13.9. The monoisotopic (exact) mass is 359 g/mol. The second kappa shape index (κ2) is 7.81. The van der Waals surface area contributed by atoms with Crippen LogP contribution in [-0.4, -0.2) is 22.3 Å². The van der Waals surface area contributed by atoms with Crippen LogP contribution in [0.1, 0.15) is 5.56 Å². The highest BCUT2D eigenvalue weighted by atomic mass is 35.5. The Labute approximate surface area is 149 Å². The van der Waals surface area contributed by atoms with Crippen molar-refractivity contribution in [3.8, 4) is 5.75 Å². The van der Waals surface area contributed by atoms with Gasteiger partial charge >= 0.3 is 0 Å². The van der Waals surface area contributed by atoms with Gasteiger partial charge in [0.2, 0.25) is 0 Å². The molecule has 0 spiro atoms. The average molecular weight is 360 g/mol. The van der Waals surface area contributed by atoms with Crippen molar-refractivity contribution < 1.29 is 13.9 Å². The highest BCUT2D eigenvalue weighted by Crippen LogP contribution is 2.15. The molecule has 128 valence electrons. The SMILES string of the molecule is O=C(COc1ccc(Cl)cc1)Nc1cnn(Cc2cccc(F)c2)c1. The van der Waals surface area contributed by atoms with E-state index in [1.165, 1.54) is 18.3 Å². The minimum absolute atomic E-state index is 0.128. The molecule has 0 atom stereocenters. The smallest absolute Gasteiger partial charge is 0.262 e. The van der Waals surface area contributed by atoms with Crippen molar-refractivity contribution in [1.29, 1.82) is 0 Å². The molecule has 0 unspecified atom stereocenters. The highest BCUT2D eigenvalue weighted by molar-refractivity contribution is 6.30. The first-order valence-electron chi connectivity index (χ1n) is 7.53. The fraction of sp³-hybridized carbons (Fsp3) is 0.111. The number of carbonyl (C=O) groups is 1. The molecule has 0 bridgehead atoms. The van der Waals surface area contributed by atoms with Gasteiger partial charge in [-0.1, -0.05) is 23.7 Å². The minimum atomic E-state index is -0.305. The van der Waals surface area contributed by atoms with Crippen molar-refractivity contribution >= 4 is 23.2 Å². The summed E-state index contributed by atoms with van der Waals surface area (Å²) in [5.74, 6) is -0.0425. The van der Waals surface area contributed by atoms with Gasteiger partial charge in [0.05, 0.1) is 18.4 Å². The fourth-order valence-corrected chi connectivity index (χ4v) is 2.34. The first-order valence-corrected chi connectivity index (χ1v) is 7.91. The summed E-state index contributed by atoms with van der Waals surface area (Å²) in [5.41, 5.74) is 1.33. The maximum absolute atomic E-state index is 13.2. The van der Waals surface area contributed by atoms with Gasteiger partial charge in [-0.25, -0.2) is 4.39 Å². The second-order valence-corrected chi connectivity index (χ2v) is 5.78. The molecule has 2 aromatic carbocycles. The number of rotatable bonds is 6. The number of benzene rings is 2. The Kier molecular flexibility index (Phi) is 5.30. The van der Waals surface area contributed by atoms with E-state index >= 15 is 0 Å². The van der Waals surface area contributed by atoms with Crippen molar-refractivity contribution in [2.24, 2.45) is 0 Å². The molecule has 3 rings (SSSR count). The number of hydrogen-bond acceptors (Lipinski definition) is 3. The van der Waals surface area contributed by atoms with Crippen LogP contribution in [0.2, 0.25) is 5.02 Å². The lowest BCUT2D eigenvalue weighted by Gasteiger charge is -2.06. The summed E-state index contributed by atoms with van der Waals surface area (Å²) in [6.45, 7) is 0.283. The molecule has 0 aliphatic rings. The van der Waals surface area contributed by atoms with Crippen molar-refractivity contribution in [3.63, 3.8) is 0 Å². The van der Waals surface area contributed by atoms with Crippen molar-refractivity contribution in [2.75, 3.05) is 11.9 Å². The van der Waals surface area contributed by atoms with Crippen LogP contribution in [0.15, 0.2) is 60.9 Å². The van der Waals surface area contributed by atoms with Gasteiger partial charge in [-0.15, -0.1) is 0 Å². The number of nitrogens with one attached hydrogen (secondary N) is 1. The molecule has 0 aliphatic carbocycles. The maximum atomic E-state index is 13.2. The van der Waals surface area contributed by atoms with Crippen LogP contribution >= 0.6 is 11.6 Å². The quantitative estimate of drug-likeness (QED) is 0.729. The van der Waals surface area contributed by atoms with E-state index in [-0.39, 0.29) is 18.3 Å². The molecule has 1 aromatic heterocycles. The van der Waals surface area contributed by atoms with Gasteiger partial charge in [-0.2, -0.15) is 5.10 Å². The van der Waals surface area contributed by atoms with E-state index in [9.17, 15) is 9.18 Å². The maximum Gasteiger partial charge on any atom is 0.262 e. The van der Waals surface area contributed by atoms with Crippen LogP contribution < -0.4 is 10.1 Å². The Hall–Kier alpha value is -2.86. The summed E-state index contributed by atoms with van der Waals surface area (Å²) in [6, 6.07) is 13.0. The molecule has 0 saturated carbocycles. The number of amides is 1. The summed E-state index contributed by atoms with van der Waals surface area (Å²) in [7, 11) is 0. The lowest BCUT2D eigenvalue weighted by molar-refractivity contribution is -0.118. The molecule has 0 radical (unpaired) electrons. The van der Waals surface area contributed by atoms with Gasteiger partial charge in [0.1, 0.15) is 11.6 Å². The Morgan fingerprint density at radius 2 is 2.04 bits per heavy atom. The fourth-order valence-electron chi connectivity index (χ4n) is 2.21. The Bertz CT molecular complexity index is 865. The van der Waals surface area contributed by atoms with Crippen LogP contribution in [0.5, 0.6) is 5.75 Å². The topological polar surface area (TPSA) is 56.1 Å². The molecule has 1 heterocycles. The predicted octanol–water partition coefficient (Wildman–Crippen LogP) is 3.74. The Balaban J connectivity index is 1.52. The third-order valence-corrected chi connectivity index (χ3v) is 3.59. The first kappa shape index (κ1) is 17.0. The van der Waals surface area contributed by atoms with Crippen molar-refractivity contribution in [3.05, 3.63) is 77.3 Å². The van der Waals surface area contributed by atoms with Gasteiger partial charge < -0.3 is 10.1 Å². The Morgan fingerprint density at radius 3 is 2.80 bits per heavy atom. The van der Waals surface area contributed by atoms with Crippen LogP contribution in [0, 0.1) is 5.82 Å². The molecule has 1 N–H and O–H groups in total. The van der Waals surface area contributed by atoms with Crippen LogP contribution in [0.25, 0.3) is 0 Å². The van der Waals surface area contributed by atoms with Crippen molar-refractivity contribution in [1.82, 2.24) is 9.78 Å². The summed E-state index contributed by atoms with van der Waals surface area (Å²) in [4.78, 5) is 11.9. The molecule has 0 fully saturated rings. The standard InChI is InChI=1S/C18H15ClFN3O2/c19-14-4-6-17(7-5-14)25-12-18(24)22-16-9-21-23(11-16)10-13-2-1-3-15(20)8-13/h1-9,11H,10,12H2,(H,22,24). The lowest BCUT2D eigenvalue weighted by Crippen LogP contribution is -2.19. The van der Waals surface area contributed by atoms with E-state index in [4.69, 9.17) is 16.3 Å². The highest BCUT2D eigenvalue weighted by Gasteiger charge is 2.06. The molecule has 0 saturated heterocycles. The Morgan fingerprint density at radius 1 is 1.24 bits per heavy atom. The normalized spacial score (nSPS) is 10.5. The summed E-state index contributed by atoms with van der Waals surface area (Å²) in [5, 5.41) is 7.44. The first-order chi connectivity index (χ1) is 12.1. The number of ether oxygens (including phenoxy) is 1. The van der Waals surface area contributed by atoms with E-state index in [0.717, 1.165) is 5.56 Å². The largest absolute Gasteiger partial charge is 0.484 e. The van der Waals surface area contributed by atoms with Crippen LogP contribution in [0.4, 0.5) is 10.1 Å². The van der Waals surface area contributed by atoms with Crippen LogP contribution in [0.3, 0.4) is 0 Å². The number of hydrogen-bond donors (Lipinski definition) is 1. The van der Waals surface area contributed by atoms with E-state index in [1.54, 1.807) is 41.2 Å². The van der Waals surface area contributed by atoms with Gasteiger partial charge in [-0.3, -0.25) is 9.48 Å². The molecule has 3 aromatic rings. The third kappa shape index (κ3) is 5.06. The molecule has 1 amide bonds. The number of carbonyl (C=O) groups excluding carboxylic acids is 1. The third-order valence-electron chi connectivity index (χ3n) is 3.33. The molecule has 0 aliphatic heterocycles. The molecular formula is C18H15ClFN3O2. The molecule has 5 nitrogen and oxygen atoms in total. The molecule has 7 heteroatoms. The predicted molar refractivity (Wildman–Crippen MR) is 93.3 cm³/mol. The van der Waals surface area contributed by atoms with E-state index < -0.39 is 0 Å². The zero-order chi connectivity index (χ0) is 17.6. The number of nitrogens with zero attached hydrogens (tertiary/aromatic N) is 2. The average Bonchev–Trinajstić information content (AvgIpc) is 3.01. The molecular weight excluding hydrogens is 345 g/mol. The van der Waals surface area contributed by atoms with Gasteiger partial charge in [-0.05, 0) is 42.0 Å². The zero-order valence-electron chi connectivity index (χ0n) is 13.2. The van der Waals surface area contributed by atoms with Crippen molar-refractivity contribution in [2.45, 2.75) is 6.54 Å². The van der Waals surface area contributed by atoms with Crippen LogP contribution in [-0.2, 0) is 11.3 Å². The second-order valence-electron chi connectivity index (χ2n) is 5.35.